The number of para-hydroxylation sites is 1. The van der Waals surface area contributed by atoms with E-state index in [4.69, 9.17) is 14.2 Å². The van der Waals surface area contributed by atoms with Gasteiger partial charge < -0.3 is 24.8 Å². The molecule has 2 N–H and O–H groups in total. The summed E-state index contributed by atoms with van der Waals surface area (Å²) in [6.45, 7) is 3.61. The Bertz CT molecular complexity index is 771. The third-order valence-electron chi connectivity index (χ3n) is 5.00. The topological polar surface area (TPSA) is 64.1 Å². The van der Waals surface area contributed by atoms with Gasteiger partial charge in [0.05, 0.1) is 19.8 Å². The van der Waals surface area contributed by atoms with E-state index in [-0.39, 0.29) is 0 Å². The number of methoxy groups -OCH3 is 1. The Morgan fingerprint density at radius 1 is 1.00 bits per heavy atom. The van der Waals surface area contributed by atoms with Crippen LogP contribution in [0.3, 0.4) is 0 Å². The number of hydrogen-bond donors (Lipinski definition) is 2. The second-order valence-corrected chi connectivity index (χ2v) is 7.03. The van der Waals surface area contributed by atoms with Crippen molar-refractivity contribution in [3.8, 4) is 5.75 Å². The SMILES string of the molecule is CN=C(NCc1ccc(COC2CCOCC2)cc1)NCc1ccccc1OC. The minimum absolute atomic E-state index is 0.322. The molecule has 0 saturated carbocycles. The van der Waals surface area contributed by atoms with Gasteiger partial charge in [0.2, 0.25) is 0 Å². The lowest BCUT2D eigenvalue weighted by atomic mass is 10.1. The molecule has 3 rings (SSSR count). The van der Waals surface area contributed by atoms with Gasteiger partial charge in [-0.1, -0.05) is 42.5 Å². The van der Waals surface area contributed by atoms with E-state index in [0.29, 0.717) is 25.8 Å². The Labute approximate surface area is 173 Å². The highest BCUT2D eigenvalue weighted by Crippen LogP contribution is 2.17. The molecule has 0 amide bonds. The Morgan fingerprint density at radius 3 is 2.41 bits per heavy atom. The van der Waals surface area contributed by atoms with Gasteiger partial charge in [-0.05, 0) is 30.0 Å². The molecule has 0 aliphatic carbocycles. The summed E-state index contributed by atoms with van der Waals surface area (Å²) < 4.78 is 16.7. The summed E-state index contributed by atoms with van der Waals surface area (Å²) >= 11 is 0. The molecule has 2 aromatic rings. The fourth-order valence-corrected chi connectivity index (χ4v) is 3.24. The number of rotatable bonds is 8. The number of hydrogen-bond acceptors (Lipinski definition) is 4. The average molecular weight is 398 g/mol. The molecular formula is C23H31N3O3. The van der Waals surface area contributed by atoms with Crippen molar-refractivity contribution in [1.82, 2.24) is 10.6 Å². The van der Waals surface area contributed by atoms with E-state index in [1.165, 1.54) is 11.1 Å². The van der Waals surface area contributed by atoms with Gasteiger partial charge in [-0.2, -0.15) is 0 Å². The lowest BCUT2D eigenvalue weighted by Gasteiger charge is -2.22. The molecule has 1 aliphatic rings. The van der Waals surface area contributed by atoms with E-state index >= 15 is 0 Å². The second-order valence-electron chi connectivity index (χ2n) is 7.03. The van der Waals surface area contributed by atoms with E-state index in [9.17, 15) is 0 Å². The van der Waals surface area contributed by atoms with Crippen LogP contribution < -0.4 is 15.4 Å². The quantitative estimate of drug-likeness (QED) is 0.529. The van der Waals surface area contributed by atoms with Crippen LogP contribution in [-0.4, -0.2) is 39.4 Å². The maximum Gasteiger partial charge on any atom is 0.191 e. The molecule has 0 aromatic heterocycles. The fraction of sp³-hybridized carbons (Fsp3) is 0.435. The molecule has 0 unspecified atom stereocenters. The molecule has 29 heavy (non-hydrogen) atoms. The Hall–Kier alpha value is -2.57. The van der Waals surface area contributed by atoms with Crippen molar-refractivity contribution < 1.29 is 14.2 Å². The van der Waals surface area contributed by atoms with E-state index in [1.54, 1.807) is 14.2 Å². The molecule has 0 atom stereocenters. The summed E-state index contributed by atoms with van der Waals surface area (Å²) in [6.07, 6.45) is 2.30. The van der Waals surface area contributed by atoms with Gasteiger partial charge in [-0.25, -0.2) is 0 Å². The molecule has 6 nitrogen and oxygen atoms in total. The first kappa shape index (κ1) is 21.1. The maximum absolute atomic E-state index is 5.98. The monoisotopic (exact) mass is 397 g/mol. The average Bonchev–Trinajstić information content (AvgIpc) is 2.79. The third kappa shape index (κ3) is 6.76. The second kappa shape index (κ2) is 11.4. The number of guanidine groups is 1. The summed E-state index contributed by atoms with van der Waals surface area (Å²) in [6, 6.07) is 16.5. The molecule has 2 aromatic carbocycles. The highest BCUT2D eigenvalue weighted by molar-refractivity contribution is 5.79. The molecule has 1 fully saturated rings. The van der Waals surface area contributed by atoms with E-state index < -0.39 is 0 Å². The predicted octanol–water partition coefficient (Wildman–Crippen LogP) is 3.26. The van der Waals surface area contributed by atoms with Crippen LogP contribution in [0.15, 0.2) is 53.5 Å². The number of nitrogens with zero attached hydrogens (tertiary/aromatic N) is 1. The first-order valence-corrected chi connectivity index (χ1v) is 10.1. The van der Waals surface area contributed by atoms with Crippen LogP contribution in [0.1, 0.15) is 29.5 Å². The Morgan fingerprint density at radius 2 is 1.69 bits per heavy atom. The van der Waals surface area contributed by atoms with E-state index in [1.807, 2.05) is 24.3 Å². The van der Waals surface area contributed by atoms with E-state index in [2.05, 4.69) is 39.9 Å². The van der Waals surface area contributed by atoms with Crippen molar-refractivity contribution in [2.45, 2.75) is 38.6 Å². The smallest absolute Gasteiger partial charge is 0.191 e. The zero-order valence-electron chi connectivity index (χ0n) is 17.3. The lowest BCUT2D eigenvalue weighted by Crippen LogP contribution is -2.36. The molecule has 1 saturated heterocycles. The highest BCUT2D eigenvalue weighted by atomic mass is 16.5. The van der Waals surface area contributed by atoms with Crippen LogP contribution in [0, 0.1) is 0 Å². The highest BCUT2D eigenvalue weighted by Gasteiger charge is 2.13. The largest absolute Gasteiger partial charge is 0.496 e. The molecule has 0 radical (unpaired) electrons. The van der Waals surface area contributed by atoms with E-state index in [0.717, 1.165) is 43.3 Å². The zero-order valence-corrected chi connectivity index (χ0v) is 17.3. The summed E-state index contributed by atoms with van der Waals surface area (Å²) in [5.74, 6) is 1.62. The van der Waals surface area contributed by atoms with Crippen molar-refractivity contribution in [3.63, 3.8) is 0 Å². The standard InChI is InChI=1S/C23H31N3O3/c1-24-23(26-16-20-5-3-4-6-22(20)27-2)25-15-18-7-9-19(10-8-18)17-29-21-11-13-28-14-12-21/h3-10,21H,11-17H2,1-2H3,(H2,24,25,26). The van der Waals surface area contributed by atoms with Crippen LogP contribution in [0.5, 0.6) is 5.75 Å². The normalized spacial score (nSPS) is 15.2. The lowest BCUT2D eigenvalue weighted by molar-refractivity contribution is -0.0390. The molecule has 0 spiro atoms. The summed E-state index contributed by atoms with van der Waals surface area (Å²) in [7, 11) is 3.46. The zero-order chi connectivity index (χ0) is 20.3. The Kier molecular flexibility index (Phi) is 8.34. The summed E-state index contributed by atoms with van der Waals surface area (Å²) in [4.78, 5) is 4.30. The van der Waals surface area contributed by atoms with Crippen molar-refractivity contribution in [3.05, 3.63) is 65.2 Å². The predicted molar refractivity (Wildman–Crippen MR) is 115 cm³/mol. The molecule has 0 bridgehead atoms. The van der Waals surface area contributed by atoms with Gasteiger partial charge in [0, 0.05) is 38.9 Å². The first-order valence-electron chi connectivity index (χ1n) is 10.1. The summed E-state index contributed by atoms with van der Waals surface area (Å²) in [5.41, 5.74) is 3.48. The van der Waals surface area contributed by atoms with Crippen LogP contribution in [0.4, 0.5) is 0 Å². The first-order chi connectivity index (χ1) is 14.3. The number of ether oxygens (including phenoxy) is 3. The third-order valence-corrected chi connectivity index (χ3v) is 5.00. The van der Waals surface area contributed by atoms with Crippen molar-refractivity contribution in [2.24, 2.45) is 4.99 Å². The van der Waals surface area contributed by atoms with Crippen LogP contribution in [0.2, 0.25) is 0 Å². The van der Waals surface area contributed by atoms with Gasteiger partial charge in [0.25, 0.3) is 0 Å². The van der Waals surface area contributed by atoms with Crippen LogP contribution in [0.25, 0.3) is 0 Å². The molecule has 156 valence electrons. The van der Waals surface area contributed by atoms with Crippen molar-refractivity contribution in [1.29, 1.82) is 0 Å². The van der Waals surface area contributed by atoms with Gasteiger partial charge in [-0.15, -0.1) is 0 Å². The van der Waals surface area contributed by atoms with Crippen LogP contribution >= 0.6 is 0 Å². The van der Waals surface area contributed by atoms with Crippen molar-refractivity contribution in [2.75, 3.05) is 27.4 Å². The molecule has 1 heterocycles. The van der Waals surface area contributed by atoms with Crippen LogP contribution in [-0.2, 0) is 29.2 Å². The van der Waals surface area contributed by atoms with Gasteiger partial charge in [-0.3, -0.25) is 4.99 Å². The molecular weight excluding hydrogens is 366 g/mol. The van der Waals surface area contributed by atoms with Gasteiger partial charge >= 0.3 is 0 Å². The van der Waals surface area contributed by atoms with Gasteiger partial charge in [0.1, 0.15) is 5.75 Å². The van der Waals surface area contributed by atoms with Gasteiger partial charge in [0.15, 0.2) is 5.96 Å². The minimum atomic E-state index is 0.322. The molecule has 1 aliphatic heterocycles. The number of aliphatic imine (C=N–C) groups is 1. The fourth-order valence-electron chi connectivity index (χ4n) is 3.24. The summed E-state index contributed by atoms with van der Waals surface area (Å²) in [5, 5.41) is 6.68. The number of nitrogens with one attached hydrogen (secondary N) is 2. The Balaban J connectivity index is 1.43. The maximum atomic E-state index is 5.98. The van der Waals surface area contributed by atoms with Crippen molar-refractivity contribution >= 4 is 5.96 Å². The molecule has 6 heteroatoms. The minimum Gasteiger partial charge on any atom is -0.496 e. The number of benzene rings is 2.